The monoisotopic (exact) mass is 241 g/mol. The fourth-order valence-electron chi connectivity index (χ4n) is 1.68. The number of amides is 1. The van der Waals surface area contributed by atoms with E-state index >= 15 is 0 Å². The van der Waals surface area contributed by atoms with Gasteiger partial charge in [-0.05, 0) is 12.1 Å². The van der Waals surface area contributed by atoms with Gasteiger partial charge in [0.25, 0.3) is 0 Å². The lowest BCUT2D eigenvalue weighted by Crippen LogP contribution is -2.28. The number of carbonyl (C=O) groups excluding carboxylic acids is 1. The number of carbonyl (C=O) groups is 1. The van der Waals surface area contributed by atoms with Crippen LogP contribution >= 0.6 is 0 Å². The molecule has 1 aromatic heterocycles. The summed E-state index contributed by atoms with van der Waals surface area (Å²) in [6.45, 7) is 0.231. The summed E-state index contributed by atoms with van der Waals surface area (Å²) in [6, 6.07) is 9.66. The zero-order chi connectivity index (χ0) is 12.4. The second-order valence-electron chi connectivity index (χ2n) is 3.85. The summed E-state index contributed by atoms with van der Waals surface area (Å²) >= 11 is 0. The molecule has 0 unspecified atom stereocenters. The van der Waals surface area contributed by atoms with Gasteiger partial charge in [0.05, 0.1) is 12.7 Å². The fraction of sp³-hybridized carbons (Fsp3) is 0.0833. The molecule has 90 valence electrons. The molecule has 1 aliphatic rings. The van der Waals surface area contributed by atoms with E-state index in [2.05, 4.69) is 25.9 Å². The van der Waals surface area contributed by atoms with Crippen LogP contribution in [0.15, 0.2) is 36.5 Å². The molecule has 3 N–H and O–H groups in total. The molecule has 0 bridgehead atoms. The van der Waals surface area contributed by atoms with Crippen molar-refractivity contribution in [2.45, 2.75) is 0 Å². The van der Waals surface area contributed by atoms with E-state index in [1.54, 1.807) is 6.20 Å². The molecule has 0 aliphatic carbocycles. The van der Waals surface area contributed by atoms with Crippen LogP contribution in [-0.4, -0.2) is 22.4 Å². The molecule has 0 radical (unpaired) electrons. The predicted octanol–water partition coefficient (Wildman–Crippen LogP) is 1.58. The summed E-state index contributed by atoms with van der Waals surface area (Å²) in [5.74, 6) is 1.03. The number of anilines is 4. The zero-order valence-electron chi connectivity index (χ0n) is 9.47. The lowest BCUT2D eigenvalue weighted by molar-refractivity contribution is -0.114. The van der Waals surface area contributed by atoms with Crippen LogP contribution in [-0.2, 0) is 4.79 Å². The van der Waals surface area contributed by atoms with Gasteiger partial charge in [0, 0.05) is 5.69 Å². The van der Waals surface area contributed by atoms with Crippen molar-refractivity contribution in [1.82, 2.24) is 9.97 Å². The van der Waals surface area contributed by atoms with Crippen molar-refractivity contribution in [3.8, 4) is 0 Å². The molecule has 3 rings (SSSR count). The Morgan fingerprint density at radius 3 is 2.89 bits per heavy atom. The van der Waals surface area contributed by atoms with Crippen LogP contribution in [0, 0.1) is 0 Å². The summed E-state index contributed by atoms with van der Waals surface area (Å²) in [5, 5.41) is 8.72. The molecule has 0 saturated heterocycles. The van der Waals surface area contributed by atoms with E-state index in [9.17, 15) is 4.79 Å². The van der Waals surface area contributed by atoms with Crippen LogP contribution < -0.4 is 16.0 Å². The number of rotatable bonds is 2. The highest BCUT2D eigenvalue weighted by Crippen LogP contribution is 2.23. The summed E-state index contributed by atoms with van der Waals surface area (Å²) in [7, 11) is 0. The largest absolute Gasteiger partial charge is 0.359 e. The van der Waals surface area contributed by atoms with E-state index in [-0.39, 0.29) is 12.5 Å². The average molecular weight is 241 g/mol. The summed E-state index contributed by atoms with van der Waals surface area (Å²) < 4.78 is 0. The van der Waals surface area contributed by atoms with Crippen molar-refractivity contribution in [3.63, 3.8) is 0 Å². The van der Waals surface area contributed by atoms with Gasteiger partial charge in [0.15, 0.2) is 5.82 Å². The van der Waals surface area contributed by atoms with Gasteiger partial charge in [-0.1, -0.05) is 18.2 Å². The molecule has 1 amide bonds. The molecule has 0 fully saturated rings. The normalized spacial score (nSPS) is 13.2. The SMILES string of the molecule is O=C1CNc2nc(Nc3ccccc3)ncc2N1. The molecule has 0 saturated carbocycles. The Kier molecular flexibility index (Phi) is 2.53. The molecule has 2 heterocycles. The number of nitrogens with zero attached hydrogens (tertiary/aromatic N) is 2. The quantitative estimate of drug-likeness (QED) is 0.744. The Bertz CT molecular complexity index is 584. The van der Waals surface area contributed by atoms with Crippen LogP contribution in [0.25, 0.3) is 0 Å². The third-order valence-corrected chi connectivity index (χ3v) is 2.51. The first-order valence-corrected chi connectivity index (χ1v) is 5.54. The van der Waals surface area contributed by atoms with Crippen molar-refractivity contribution >= 4 is 29.0 Å². The topological polar surface area (TPSA) is 78.9 Å². The third kappa shape index (κ3) is 2.08. The van der Waals surface area contributed by atoms with Crippen LogP contribution in [0.5, 0.6) is 0 Å². The van der Waals surface area contributed by atoms with Crippen molar-refractivity contribution in [2.24, 2.45) is 0 Å². The maximum atomic E-state index is 11.2. The van der Waals surface area contributed by atoms with Gasteiger partial charge < -0.3 is 16.0 Å². The van der Waals surface area contributed by atoms with Gasteiger partial charge in [-0.15, -0.1) is 0 Å². The number of hydrogen-bond acceptors (Lipinski definition) is 5. The molecule has 18 heavy (non-hydrogen) atoms. The highest BCUT2D eigenvalue weighted by molar-refractivity contribution is 5.99. The Labute approximate surface area is 103 Å². The van der Waals surface area contributed by atoms with Crippen molar-refractivity contribution in [1.29, 1.82) is 0 Å². The van der Waals surface area contributed by atoms with Gasteiger partial charge in [-0.3, -0.25) is 4.79 Å². The first-order valence-electron chi connectivity index (χ1n) is 5.54. The predicted molar refractivity (Wildman–Crippen MR) is 68.9 cm³/mol. The van der Waals surface area contributed by atoms with Crippen molar-refractivity contribution in [2.75, 3.05) is 22.5 Å². The Morgan fingerprint density at radius 2 is 2.06 bits per heavy atom. The summed E-state index contributed by atoms with van der Waals surface area (Å²) in [5.41, 5.74) is 1.52. The van der Waals surface area contributed by atoms with Crippen LogP contribution in [0.2, 0.25) is 0 Å². The second kappa shape index (κ2) is 4.33. The highest BCUT2D eigenvalue weighted by atomic mass is 16.2. The maximum absolute atomic E-state index is 11.2. The molecule has 2 aromatic rings. The number of fused-ring (bicyclic) bond motifs is 1. The first-order chi connectivity index (χ1) is 8.81. The molecule has 1 aliphatic heterocycles. The number of hydrogen-bond donors (Lipinski definition) is 3. The number of para-hydroxylation sites is 1. The van der Waals surface area contributed by atoms with Gasteiger partial charge in [-0.2, -0.15) is 4.98 Å². The van der Waals surface area contributed by atoms with Crippen molar-refractivity contribution in [3.05, 3.63) is 36.5 Å². The van der Waals surface area contributed by atoms with E-state index < -0.39 is 0 Å². The molecule has 0 spiro atoms. The van der Waals surface area contributed by atoms with Crippen LogP contribution in [0.3, 0.4) is 0 Å². The van der Waals surface area contributed by atoms with Gasteiger partial charge in [-0.25, -0.2) is 4.98 Å². The first kappa shape index (κ1) is 10.5. The lowest BCUT2D eigenvalue weighted by Gasteiger charge is -2.17. The van der Waals surface area contributed by atoms with Gasteiger partial charge in [0.2, 0.25) is 11.9 Å². The molecule has 1 aromatic carbocycles. The van der Waals surface area contributed by atoms with Crippen LogP contribution in [0.4, 0.5) is 23.1 Å². The Morgan fingerprint density at radius 1 is 1.22 bits per heavy atom. The van der Waals surface area contributed by atoms with Crippen molar-refractivity contribution < 1.29 is 4.79 Å². The van der Waals surface area contributed by atoms with Crippen LogP contribution in [0.1, 0.15) is 0 Å². The summed E-state index contributed by atoms with van der Waals surface area (Å²) in [6.07, 6.45) is 1.58. The molecular formula is C12H11N5O. The number of aromatic nitrogens is 2. The van der Waals surface area contributed by atoms with E-state index in [0.29, 0.717) is 17.5 Å². The fourth-order valence-corrected chi connectivity index (χ4v) is 1.68. The van der Waals surface area contributed by atoms with Gasteiger partial charge >= 0.3 is 0 Å². The number of benzene rings is 1. The standard InChI is InChI=1S/C12H11N5O/c18-10-7-13-11-9(16-10)6-14-12(17-11)15-8-4-2-1-3-5-8/h1-6H,7H2,(H,16,18)(H2,13,14,15,17). The molecule has 6 heteroatoms. The Balaban J connectivity index is 1.85. The lowest BCUT2D eigenvalue weighted by atomic mass is 10.3. The van der Waals surface area contributed by atoms with E-state index in [0.717, 1.165) is 5.69 Å². The average Bonchev–Trinajstić information content (AvgIpc) is 2.40. The zero-order valence-corrected chi connectivity index (χ0v) is 9.47. The second-order valence-corrected chi connectivity index (χ2v) is 3.85. The third-order valence-electron chi connectivity index (χ3n) is 2.51. The molecule has 0 atom stereocenters. The maximum Gasteiger partial charge on any atom is 0.243 e. The molecular weight excluding hydrogens is 230 g/mol. The van der Waals surface area contributed by atoms with E-state index in [1.807, 2.05) is 30.3 Å². The van der Waals surface area contributed by atoms with Gasteiger partial charge in [0.1, 0.15) is 5.69 Å². The highest BCUT2D eigenvalue weighted by Gasteiger charge is 2.15. The number of nitrogens with one attached hydrogen (secondary N) is 3. The smallest absolute Gasteiger partial charge is 0.243 e. The minimum atomic E-state index is -0.0881. The minimum absolute atomic E-state index is 0.0881. The van der Waals surface area contributed by atoms with E-state index in [1.165, 1.54) is 0 Å². The summed E-state index contributed by atoms with van der Waals surface area (Å²) in [4.78, 5) is 19.6. The Hall–Kier alpha value is -2.63. The van der Waals surface area contributed by atoms with E-state index in [4.69, 9.17) is 0 Å². The minimum Gasteiger partial charge on any atom is -0.359 e. The molecule has 6 nitrogen and oxygen atoms in total.